The Morgan fingerprint density at radius 3 is 2.39 bits per heavy atom. The first kappa shape index (κ1) is 13.9. The molecule has 0 aromatic rings. The van der Waals surface area contributed by atoms with Gasteiger partial charge in [-0.3, -0.25) is 10.1 Å². The van der Waals surface area contributed by atoms with Crippen molar-refractivity contribution >= 4 is 5.91 Å². The minimum Gasteiger partial charge on any atom is -0.323 e. The van der Waals surface area contributed by atoms with E-state index in [-0.39, 0.29) is 6.17 Å². The second kappa shape index (κ2) is 5.60. The molecule has 1 N–H and O–H groups in total. The van der Waals surface area contributed by atoms with E-state index in [4.69, 9.17) is 0 Å². The highest BCUT2D eigenvalue weighted by Crippen LogP contribution is 2.33. The van der Waals surface area contributed by atoms with Gasteiger partial charge in [-0.2, -0.15) is 0 Å². The van der Waals surface area contributed by atoms with Gasteiger partial charge in [-0.25, -0.2) is 0 Å². The number of nitrogens with zero attached hydrogens (tertiary/aromatic N) is 1. The number of hydrogen-bond acceptors (Lipinski definition) is 2. The third kappa shape index (κ3) is 3.05. The average molecular weight is 252 g/mol. The maximum atomic E-state index is 12.1. The van der Waals surface area contributed by atoms with Gasteiger partial charge in [-0.05, 0) is 43.4 Å². The molecular formula is C15H28N2O. The lowest BCUT2D eigenvalue weighted by Gasteiger charge is -2.40. The number of nitrogens with one attached hydrogen (secondary N) is 1. The molecule has 18 heavy (non-hydrogen) atoms. The normalized spacial score (nSPS) is 37.6. The van der Waals surface area contributed by atoms with Crippen LogP contribution in [0.3, 0.4) is 0 Å². The minimum absolute atomic E-state index is 0.278. The van der Waals surface area contributed by atoms with Crippen LogP contribution in [0.1, 0.15) is 53.4 Å². The Balaban J connectivity index is 2.05. The molecule has 1 saturated heterocycles. The quantitative estimate of drug-likeness (QED) is 0.837. The Labute approximate surface area is 111 Å². The van der Waals surface area contributed by atoms with E-state index >= 15 is 0 Å². The topological polar surface area (TPSA) is 32.3 Å². The summed E-state index contributed by atoms with van der Waals surface area (Å²) in [6, 6.07) is 0.468. The third-order valence-corrected chi connectivity index (χ3v) is 4.35. The van der Waals surface area contributed by atoms with Crippen LogP contribution in [0.4, 0.5) is 0 Å². The standard InChI is InChI=1S/C15H28N2O/c1-10(2)5-14-16-9-15(18)17(14)13-7-11(3)6-12(4)8-13/h10-14,16H,5-9H2,1-4H3. The van der Waals surface area contributed by atoms with E-state index in [9.17, 15) is 4.79 Å². The summed E-state index contributed by atoms with van der Waals surface area (Å²) in [7, 11) is 0. The van der Waals surface area contributed by atoms with Gasteiger partial charge in [-0.1, -0.05) is 27.7 Å². The van der Waals surface area contributed by atoms with Crippen molar-refractivity contribution < 1.29 is 4.79 Å². The average Bonchev–Trinajstić information content (AvgIpc) is 2.57. The van der Waals surface area contributed by atoms with Crippen molar-refractivity contribution in [3.05, 3.63) is 0 Å². The molecule has 1 aliphatic heterocycles. The fourth-order valence-corrected chi connectivity index (χ4v) is 3.80. The fourth-order valence-electron chi connectivity index (χ4n) is 3.80. The maximum absolute atomic E-state index is 12.1. The van der Waals surface area contributed by atoms with E-state index < -0.39 is 0 Å². The van der Waals surface area contributed by atoms with Crippen molar-refractivity contribution in [2.24, 2.45) is 17.8 Å². The van der Waals surface area contributed by atoms with Crippen molar-refractivity contribution in [1.82, 2.24) is 10.2 Å². The first-order valence-corrected chi connectivity index (χ1v) is 7.52. The molecule has 3 unspecified atom stereocenters. The highest BCUT2D eigenvalue weighted by Gasteiger charge is 2.38. The van der Waals surface area contributed by atoms with Gasteiger partial charge in [0.2, 0.25) is 5.91 Å². The van der Waals surface area contributed by atoms with E-state index in [0.29, 0.717) is 24.4 Å². The van der Waals surface area contributed by atoms with Crippen molar-refractivity contribution in [1.29, 1.82) is 0 Å². The summed E-state index contributed by atoms with van der Waals surface area (Å²) in [5.41, 5.74) is 0. The molecule has 1 amide bonds. The number of hydrogen-bond donors (Lipinski definition) is 1. The van der Waals surface area contributed by atoms with E-state index in [1.165, 1.54) is 19.3 Å². The molecule has 0 aromatic carbocycles. The van der Waals surface area contributed by atoms with Crippen LogP contribution < -0.4 is 5.32 Å². The first-order chi connectivity index (χ1) is 8.47. The van der Waals surface area contributed by atoms with Crippen LogP contribution in [0.25, 0.3) is 0 Å². The lowest BCUT2D eigenvalue weighted by molar-refractivity contribution is -0.131. The zero-order valence-electron chi connectivity index (χ0n) is 12.3. The van der Waals surface area contributed by atoms with Crippen molar-refractivity contribution in [2.45, 2.75) is 65.6 Å². The highest BCUT2D eigenvalue weighted by molar-refractivity contribution is 5.81. The largest absolute Gasteiger partial charge is 0.323 e. The summed E-state index contributed by atoms with van der Waals surface area (Å²) in [5.74, 6) is 2.46. The Morgan fingerprint density at radius 1 is 1.22 bits per heavy atom. The van der Waals surface area contributed by atoms with Crippen LogP contribution in [-0.4, -0.2) is 29.6 Å². The maximum Gasteiger partial charge on any atom is 0.238 e. The summed E-state index contributed by atoms with van der Waals surface area (Å²) < 4.78 is 0. The number of amides is 1. The highest BCUT2D eigenvalue weighted by atomic mass is 16.2. The number of carbonyl (C=O) groups excluding carboxylic acids is 1. The smallest absolute Gasteiger partial charge is 0.238 e. The lowest BCUT2D eigenvalue weighted by atomic mass is 9.79. The van der Waals surface area contributed by atoms with Crippen LogP contribution in [0, 0.1) is 17.8 Å². The predicted octanol–water partition coefficient (Wildman–Crippen LogP) is 2.62. The van der Waals surface area contributed by atoms with Crippen LogP contribution in [0.2, 0.25) is 0 Å². The van der Waals surface area contributed by atoms with Crippen LogP contribution in [0.5, 0.6) is 0 Å². The van der Waals surface area contributed by atoms with Gasteiger partial charge in [0.1, 0.15) is 0 Å². The van der Waals surface area contributed by atoms with Gasteiger partial charge < -0.3 is 4.90 Å². The van der Waals surface area contributed by atoms with Gasteiger partial charge in [0.25, 0.3) is 0 Å². The fraction of sp³-hybridized carbons (Fsp3) is 0.933. The monoisotopic (exact) mass is 252 g/mol. The molecule has 104 valence electrons. The molecule has 1 aliphatic carbocycles. The molecule has 3 atom stereocenters. The second-order valence-corrected chi connectivity index (χ2v) is 6.90. The lowest BCUT2D eigenvalue weighted by Crippen LogP contribution is -2.48. The van der Waals surface area contributed by atoms with Gasteiger partial charge in [-0.15, -0.1) is 0 Å². The molecule has 0 spiro atoms. The number of carbonyl (C=O) groups is 1. The SMILES string of the molecule is CC(C)CC1NCC(=O)N1C1CC(C)CC(C)C1. The zero-order valence-corrected chi connectivity index (χ0v) is 12.3. The summed E-state index contributed by atoms with van der Waals surface area (Å²) in [5, 5.41) is 3.39. The second-order valence-electron chi connectivity index (χ2n) is 6.90. The van der Waals surface area contributed by atoms with Gasteiger partial charge >= 0.3 is 0 Å². The number of rotatable bonds is 3. The van der Waals surface area contributed by atoms with Crippen molar-refractivity contribution in [3.8, 4) is 0 Å². The summed E-state index contributed by atoms with van der Waals surface area (Å²) in [6.45, 7) is 9.66. The minimum atomic E-state index is 0.278. The molecular weight excluding hydrogens is 224 g/mol. The molecule has 3 heteroatoms. The summed E-state index contributed by atoms with van der Waals surface area (Å²) >= 11 is 0. The van der Waals surface area contributed by atoms with Crippen LogP contribution >= 0.6 is 0 Å². The Bertz CT molecular complexity index is 293. The Hall–Kier alpha value is -0.570. The molecule has 0 radical (unpaired) electrons. The van der Waals surface area contributed by atoms with E-state index in [0.717, 1.165) is 18.3 Å². The molecule has 2 rings (SSSR count). The molecule has 1 heterocycles. The Morgan fingerprint density at radius 2 is 1.83 bits per heavy atom. The molecule has 0 bridgehead atoms. The summed E-state index contributed by atoms with van der Waals surface area (Å²) in [4.78, 5) is 14.3. The van der Waals surface area contributed by atoms with Gasteiger partial charge in [0.05, 0.1) is 12.7 Å². The molecule has 1 saturated carbocycles. The van der Waals surface area contributed by atoms with Crippen molar-refractivity contribution in [2.75, 3.05) is 6.54 Å². The Kier molecular flexibility index (Phi) is 4.31. The molecule has 2 aliphatic rings. The molecule has 3 nitrogen and oxygen atoms in total. The van der Waals surface area contributed by atoms with E-state index in [1.807, 2.05) is 0 Å². The van der Waals surface area contributed by atoms with E-state index in [1.54, 1.807) is 0 Å². The van der Waals surface area contributed by atoms with Crippen molar-refractivity contribution in [3.63, 3.8) is 0 Å². The van der Waals surface area contributed by atoms with E-state index in [2.05, 4.69) is 37.9 Å². The predicted molar refractivity (Wildman–Crippen MR) is 74.1 cm³/mol. The zero-order chi connectivity index (χ0) is 13.3. The van der Waals surface area contributed by atoms with Gasteiger partial charge in [0, 0.05) is 6.04 Å². The molecule has 2 fully saturated rings. The van der Waals surface area contributed by atoms with Gasteiger partial charge in [0.15, 0.2) is 0 Å². The van der Waals surface area contributed by atoms with Crippen LogP contribution in [0.15, 0.2) is 0 Å². The third-order valence-electron chi connectivity index (χ3n) is 4.35. The summed E-state index contributed by atoms with van der Waals surface area (Å²) in [6.07, 6.45) is 5.05. The first-order valence-electron chi connectivity index (χ1n) is 7.52. The van der Waals surface area contributed by atoms with Crippen LogP contribution in [-0.2, 0) is 4.79 Å². The molecule has 0 aromatic heterocycles.